The fraction of sp³-hybridized carbons (Fsp3) is 0.625. The molecule has 2 rings (SSSR count). The molecule has 1 aliphatic carbocycles. The lowest BCUT2D eigenvalue weighted by molar-refractivity contribution is 0.186. The summed E-state index contributed by atoms with van der Waals surface area (Å²) in [6.45, 7) is 2.35. The summed E-state index contributed by atoms with van der Waals surface area (Å²) in [6.07, 6.45) is 4.45. The zero-order chi connectivity index (χ0) is 15.3. The monoisotopic (exact) mass is 311 g/mol. The third-order valence-electron chi connectivity index (χ3n) is 4.48. The van der Waals surface area contributed by atoms with Crippen molar-refractivity contribution in [2.24, 2.45) is 11.7 Å². The zero-order valence-electron chi connectivity index (χ0n) is 12.6. The summed E-state index contributed by atoms with van der Waals surface area (Å²) in [6, 6.07) is 9.70. The second kappa shape index (κ2) is 7.44. The second-order valence-corrected chi connectivity index (χ2v) is 8.01. The van der Waals surface area contributed by atoms with Gasteiger partial charge in [0.1, 0.15) is 12.4 Å². The first kappa shape index (κ1) is 16.5. The number of rotatable bonds is 6. The van der Waals surface area contributed by atoms with Crippen molar-refractivity contribution >= 4 is 8.03 Å². The molecule has 1 aromatic rings. The Morgan fingerprint density at radius 3 is 2.52 bits per heavy atom. The van der Waals surface area contributed by atoms with Crippen molar-refractivity contribution in [3.05, 3.63) is 30.3 Å². The fourth-order valence-corrected chi connectivity index (χ4v) is 4.06. The standard InChI is InChI=1S/C16H26NO3P/c1-13(17)11-14-7-9-16(10-8-14,21(18)19)12-20-15-5-3-2-4-6-15/h2-6,13-14,21H,7-12,17H2,1H3,(H,18,19). The molecule has 1 saturated carbocycles. The number of ether oxygens (including phenoxy) is 1. The Kier molecular flexibility index (Phi) is 5.86. The molecule has 1 aromatic carbocycles. The molecule has 0 aliphatic heterocycles. The molecule has 1 unspecified atom stereocenters. The molecule has 21 heavy (non-hydrogen) atoms. The van der Waals surface area contributed by atoms with Gasteiger partial charge in [-0.1, -0.05) is 18.2 Å². The summed E-state index contributed by atoms with van der Waals surface area (Å²) in [5.41, 5.74) is 5.86. The second-order valence-electron chi connectivity index (χ2n) is 6.34. The van der Waals surface area contributed by atoms with Crippen molar-refractivity contribution in [1.82, 2.24) is 0 Å². The maximum atomic E-state index is 11.9. The Morgan fingerprint density at radius 1 is 1.38 bits per heavy atom. The highest BCUT2D eigenvalue weighted by Gasteiger charge is 2.40. The van der Waals surface area contributed by atoms with Gasteiger partial charge < -0.3 is 15.4 Å². The molecule has 1 aliphatic rings. The Hall–Kier alpha value is -0.830. The maximum Gasteiger partial charge on any atom is 0.198 e. The average molecular weight is 311 g/mol. The van der Waals surface area contributed by atoms with Gasteiger partial charge in [-0.25, -0.2) is 0 Å². The smallest absolute Gasteiger partial charge is 0.198 e. The quantitative estimate of drug-likeness (QED) is 0.791. The average Bonchev–Trinajstić information content (AvgIpc) is 2.47. The Labute approximate surface area is 127 Å². The molecule has 118 valence electrons. The minimum absolute atomic E-state index is 0.203. The van der Waals surface area contributed by atoms with Crippen molar-refractivity contribution in [2.45, 2.75) is 50.2 Å². The summed E-state index contributed by atoms with van der Waals surface area (Å²) in [4.78, 5) is 9.82. The van der Waals surface area contributed by atoms with Gasteiger partial charge in [-0.3, -0.25) is 4.57 Å². The van der Waals surface area contributed by atoms with Gasteiger partial charge in [0.15, 0.2) is 8.03 Å². The van der Waals surface area contributed by atoms with Crippen LogP contribution in [-0.4, -0.2) is 22.7 Å². The van der Waals surface area contributed by atoms with Gasteiger partial charge in [0.2, 0.25) is 0 Å². The maximum absolute atomic E-state index is 11.9. The van der Waals surface area contributed by atoms with Gasteiger partial charge in [-0.15, -0.1) is 0 Å². The lowest BCUT2D eigenvalue weighted by atomic mass is 9.79. The normalized spacial score (nSPS) is 28.8. The van der Waals surface area contributed by atoms with Gasteiger partial charge in [0, 0.05) is 6.04 Å². The summed E-state index contributed by atoms with van der Waals surface area (Å²) < 4.78 is 17.7. The summed E-state index contributed by atoms with van der Waals surface area (Å²) in [5.74, 6) is 1.34. The van der Waals surface area contributed by atoms with E-state index in [2.05, 4.69) is 0 Å². The van der Waals surface area contributed by atoms with E-state index >= 15 is 0 Å². The van der Waals surface area contributed by atoms with Gasteiger partial charge >= 0.3 is 0 Å². The minimum atomic E-state index is -2.62. The number of benzene rings is 1. The van der Waals surface area contributed by atoms with Crippen LogP contribution in [0, 0.1) is 5.92 Å². The number of nitrogens with two attached hydrogens (primary N) is 1. The molecule has 4 nitrogen and oxygen atoms in total. The van der Waals surface area contributed by atoms with E-state index < -0.39 is 13.2 Å². The van der Waals surface area contributed by atoms with Gasteiger partial charge in [0.25, 0.3) is 0 Å². The molecule has 2 atom stereocenters. The topological polar surface area (TPSA) is 72.5 Å². The van der Waals surface area contributed by atoms with Crippen molar-refractivity contribution in [2.75, 3.05) is 6.61 Å². The largest absolute Gasteiger partial charge is 0.492 e. The predicted molar refractivity (Wildman–Crippen MR) is 86.1 cm³/mol. The minimum Gasteiger partial charge on any atom is -0.492 e. The van der Waals surface area contributed by atoms with Crippen molar-refractivity contribution < 1.29 is 14.2 Å². The molecule has 0 bridgehead atoms. The summed E-state index contributed by atoms with van der Waals surface area (Å²) in [5, 5.41) is -0.561. The van der Waals surface area contributed by atoms with E-state index in [1.807, 2.05) is 37.3 Å². The van der Waals surface area contributed by atoms with E-state index in [-0.39, 0.29) is 6.04 Å². The van der Waals surface area contributed by atoms with Crippen molar-refractivity contribution in [1.29, 1.82) is 0 Å². The zero-order valence-corrected chi connectivity index (χ0v) is 13.6. The van der Waals surface area contributed by atoms with Crippen LogP contribution in [0.15, 0.2) is 30.3 Å². The van der Waals surface area contributed by atoms with Crippen LogP contribution >= 0.6 is 8.03 Å². The van der Waals surface area contributed by atoms with Crippen LogP contribution in [0.4, 0.5) is 0 Å². The molecule has 0 aromatic heterocycles. The SMILES string of the molecule is CC(N)CC1CCC(COc2ccccc2)([P@H](=O)O)CC1. The number of para-hydroxylation sites is 1. The first-order chi connectivity index (χ1) is 10.0. The molecule has 0 saturated heterocycles. The Morgan fingerprint density at radius 2 is 2.00 bits per heavy atom. The van der Waals surface area contributed by atoms with Gasteiger partial charge in [-0.05, 0) is 57.1 Å². The summed E-state index contributed by atoms with van der Waals surface area (Å²) in [7, 11) is -2.62. The molecule has 0 radical (unpaired) electrons. The van der Waals surface area contributed by atoms with Gasteiger partial charge in [0.05, 0.1) is 5.16 Å². The van der Waals surface area contributed by atoms with E-state index in [0.717, 1.165) is 37.9 Å². The highest BCUT2D eigenvalue weighted by atomic mass is 31.1. The Bertz CT molecular complexity index is 456. The van der Waals surface area contributed by atoms with E-state index in [1.165, 1.54) is 0 Å². The van der Waals surface area contributed by atoms with E-state index in [0.29, 0.717) is 12.5 Å². The Balaban J connectivity index is 1.94. The fourth-order valence-electron chi connectivity index (χ4n) is 3.15. The first-order valence-corrected chi connectivity index (χ1v) is 9.04. The highest BCUT2D eigenvalue weighted by molar-refractivity contribution is 7.40. The lowest BCUT2D eigenvalue weighted by Gasteiger charge is -2.38. The van der Waals surface area contributed by atoms with Crippen LogP contribution in [0.25, 0.3) is 0 Å². The van der Waals surface area contributed by atoms with Crippen LogP contribution in [0.3, 0.4) is 0 Å². The lowest BCUT2D eigenvalue weighted by Crippen LogP contribution is -2.38. The molecule has 5 heteroatoms. The van der Waals surface area contributed by atoms with Crippen LogP contribution in [0.1, 0.15) is 39.0 Å². The molecule has 0 heterocycles. The van der Waals surface area contributed by atoms with Crippen molar-refractivity contribution in [3.63, 3.8) is 0 Å². The first-order valence-electron chi connectivity index (χ1n) is 7.69. The van der Waals surface area contributed by atoms with Crippen LogP contribution < -0.4 is 10.5 Å². The third-order valence-corrected chi connectivity index (χ3v) is 6.03. The molecule has 3 N–H and O–H groups in total. The van der Waals surface area contributed by atoms with Crippen LogP contribution in [0.2, 0.25) is 0 Å². The predicted octanol–water partition coefficient (Wildman–Crippen LogP) is 3.20. The molecular weight excluding hydrogens is 285 g/mol. The van der Waals surface area contributed by atoms with Crippen LogP contribution in [0.5, 0.6) is 5.75 Å². The molecule has 0 amide bonds. The number of hydrogen-bond donors (Lipinski definition) is 2. The van der Waals surface area contributed by atoms with Crippen LogP contribution in [-0.2, 0) is 4.57 Å². The van der Waals surface area contributed by atoms with E-state index in [4.69, 9.17) is 10.5 Å². The molecular formula is C16H26NO3P. The number of hydrogen-bond acceptors (Lipinski definition) is 3. The third kappa shape index (κ3) is 4.57. The van der Waals surface area contributed by atoms with Gasteiger partial charge in [-0.2, -0.15) is 0 Å². The molecule has 0 spiro atoms. The summed E-state index contributed by atoms with van der Waals surface area (Å²) >= 11 is 0. The van der Waals surface area contributed by atoms with E-state index in [9.17, 15) is 9.46 Å². The van der Waals surface area contributed by atoms with Crippen molar-refractivity contribution in [3.8, 4) is 5.75 Å². The van der Waals surface area contributed by atoms with E-state index in [1.54, 1.807) is 0 Å². The molecule has 1 fully saturated rings. The highest BCUT2D eigenvalue weighted by Crippen LogP contribution is 2.48.